The summed E-state index contributed by atoms with van der Waals surface area (Å²) >= 11 is 0. The van der Waals surface area contributed by atoms with Crippen LogP contribution in [0.5, 0.6) is 0 Å². The second-order valence-electron chi connectivity index (χ2n) is 9.47. The summed E-state index contributed by atoms with van der Waals surface area (Å²) in [6.07, 6.45) is -1.68. The molecule has 3 aromatic carbocycles. The van der Waals surface area contributed by atoms with Crippen molar-refractivity contribution in [3.05, 3.63) is 89.0 Å². The Hall–Kier alpha value is -3.68. The van der Waals surface area contributed by atoms with Crippen molar-refractivity contribution in [2.75, 3.05) is 0 Å². The van der Waals surface area contributed by atoms with Gasteiger partial charge in [-0.05, 0) is 47.9 Å². The van der Waals surface area contributed by atoms with Gasteiger partial charge in [-0.25, -0.2) is 4.39 Å². The van der Waals surface area contributed by atoms with E-state index in [1.54, 1.807) is 49.4 Å². The Balaban J connectivity index is 1.54. The molecule has 1 aliphatic carbocycles. The van der Waals surface area contributed by atoms with E-state index in [1.165, 1.54) is 31.2 Å². The van der Waals surface area contributed by atoms with Crippen LogP contribution in [0.4, 0.5) is 17.6 Å². The number of carbonyl (C=O) groups is 2. The first kappa shape index (κ1) is 25.4. The highest BCUT2D eigenvalue weighted by atomic mass is 19.4. The number of hydrogen-bond acceptors (Lipinski definition) is 2. The van der Waals surface area contributed by atoms with Gasteiger partial charge in [0, 0.05) is 30.5 Å². The first-order chi connectivity index (χ1) is 16.9. The molecule has 0 heterocycles. The number of nitrogens with one attached hydrogen (secondary N) is 2. The van der Waals surface area contributed by atoms with Crippen LogP contribution in [0.15, 0.2) is 66.7 Å². The molecule has 1 aliphatic rings. The summed E-state index contributed by atoms with van der Waals surface area (Å²) in [6, 6.07) is 13.8. The largest absolute Gasteiger partial charge is 0.412 e. The topological polar surface area (TPSA) is 58.2 Å². The van der Waals surface area contributed by atoms with Gasteiger partial charge in [-0.15, -0.1) is 0 Å². The zero-order valence-corrected chi connectivity index (χ0v) is 19.8. The normalized spacial score (nSPS) is 20.7. The molecule has 0 bridgehead atoms. The zero-order valence-electron chi connectivity index (χ0n) is 19.8. The molecule has 1 saturated carbocycles. The quantitative estimate of drug-likeness (QED) is 0.314. The highest BCUT2D eigenvalue weighted by Crippen LogP contribution is 2.36. The monoisotopic (exact) mass is 498 g/mol. The maximum absolute atomic E-state index is 13.8. The van der Waals surface area contributed by atoms with Crippen molar-refractivity contribution in [2.45, 2.75) is 50.6 Å². The fraction of sp³-hybridized carbons (Fsp3) is 0.286. The zero-order chi connectivity index (χ0) is 26.1. The van der Waals surface area contributed by atoms with E-state index in [1.807, 2.05) is 5.32 Å². The average molecular weight is 499 g/mol. The van der Waals surface area contributed by atoms with Gasteiger partial charge in [-0.2, -0.15) is 13.2 Å². The summed E-state index contributed by atoms with van der Waals surface area (Å²) in [6.45, 7) is 3.18. The molecular formula is C28H26F4N2O2. The van der Waals surface area contributed by atoms with Crippen LogP contribution in [0.25, 0.3) is 16.8 Å². The Kier molecular flexibility index (Phi) is 6.89. The second-order valence-corrected chi connectivity index (χ2v) is 9.47. The summed E-state index contributed by atoms with van der Waals surface area (Å²) < 4.78 is 54.7. The summed E-state index contributed by atoms with van der Waals surface area (Å²) in [4.78, 5) is 25.3. The van der Waals surface area contributed by atoms with Crippen LogP contribution in [-0.2, 0) is 4.79 Å². The minimum atomic E-state index is -4.67. The molecule has 1 unspecified atom stereocenters. The lowest BCUT2D eigenvalue weighted by molar-refractivity contribution is -0.162. The molecule has 0 spiro atoms. The summed E-state index contributed by atoms with van der Waals surface area (Å²) in [5.41, 5.74) is 0.301. The smallest absolute Gasteiger partial charge is 0.349 e. The number of alkyl halides is 4. The van der Waals surface area contributed by atoms with Gasteiger partial charge in [0.05, 0.1) is 0 Å². The summed E-state index contributed by atoms with van der Waals surface area (Å²) in [7, 11) is 0. The van der Waals surface area contributed by atoms with Gasteiger partial charge in [0.15, 0.2) is 6.04 Å². The lowest BCUT2D eigenvalue weighted by Crippen LogP contribution is -2.51. The third-order valence-electron chi connectivity index (χ3n) is 6.29. The van der Waals surface area contributed by atoms with Crippen molar-refractivity contribution in [1.29, 1.82) is 0 Å². The molecule has 0 radical (unpaired) electrons. The number of fused-ring (bicyclic) bond motifs is 1. The number of carbonyl (C=O) groups excluding carboxylic acids is 2. The van der Waals surface area contributed by atoms with E-state index < -0.39 is 23.8 Å². The van der Waals surface area contributed by atoms with Crippen LogP contribution in [0.3, 0.4) is 0 Å². The van der Waals surface area contributed by atoms with Crippen molar-refractivity contribution in [1.82, 2.24) is 10.6 Å². The number of rotatable bonds is 6. The molecule has 4 nitrogen and oxygen atoms in total. The molecule has 0 saturated heterocycles. The Bertz CT molecular complexity index is 1320. The molecule has 1 fully saturated rings. The molecule has 188 valence electrons. The number of hydrogen-bond donors (Lipinski definition) is 2. The molecular weight excluding hydrogens is 472 g/mol. The third kappa shape index (κ3) is 5.75. The van der Waals surface area contributed by atoms with Gasteiger partial charge in [-0.1, -0.05) is 60.2 Å². The highest BCUT2D eigenvalue weighted by molar-refractivity contribution is 6.09. The van der Waals surface area contributed by atoms with Crippen molar-refractivity contribution in [2.24, 2.45) is 0 Å². The maximum atomic E-state index is 13.8. The SMILES string of the molecule is Cc1cccc(C(NC(=O)/C=C/c2ccc(C(=O)NC3CC(C)(F)C3)c3ccccc23)C(F)(F)F)c1. The van der Waals surface area contributed by atoms with Crippen LogP contribution in [0, 0.1) is 6.92 Å². The first-order valence-corrected chi connectivity index (χ1v) is 11.6. The molecule has 4 rings (SSSR count). The molecule has 0 aliphatic heterocycles. The predicted molar refractivity (Wildman–Crippen MR) is 131 cm³/mol. The molecule has 3 aromatic rings. The number of benzene rings is 3. The van der Waals surface area contributed by atoms with Crippen molar-refractivity contribution < 1.29 is 27.2 Å². The number of amides is 2. The molecule has 8 heteroatoms. The second kappa shape index (κ2) is 9.76. The van der Waals surface area contributed by atoms with Crippen LogP contribution < -0.4 is 10.6 Å². The van der Waals surface area contributed by atoms with Crippen molar-refractivity contribution >= 4 is 28.7 Å². The van der Waals surface area contributed by atoms with E-state index in [-0.39, 0.29) is 30.4 Å². The van der Waals surface area contributed by atoms with Crippen LogP contribution in [0.2, 0.25) is 0 Å². The van der Waals surface area contributed by atoms with E-state index in [9.17, 15) is 27.2 Å². The minimum Gasteiger partial charge on any atom is -0.349 e. The fourth-order valence-electron chi connectivity index (χ4n) is 4.56. The predicted octanol–water partition coefficient (Wildman–Crippen LogP) is 6.20. The van der Waals surface area contributed by atoms with Crippen LogP contribution in [-0.4, -0.2) is 29.7 Å². The van der Waals surface area contributed by atoms with Crippen molar-refractivity contribution in [3.63, 3.8) is 0 Å². The molecule has 2 amide bonds. The van der Waals surface area contributed by atoms with Gasteiger partial charge in [0.25, 0.3) is 5.91 Å². The Labute approximate surface area is 206 Å². The fourth-order valence-corrected chi connectivity index (χ4v) is 4.56. The van der Waals surface area contributed by atoms with Gasteiger partial charge in [-0.3, -0.25) is 9.59 Å². The molecule has 2 N–H and O–H groups in total. The van der Waals surface area contributed by atoms with Gasteiger partial charge in [0.2, 0.25) is 5.91 Å². The lowest BCUT2D eigenvalue weighted by atomic mass is 9.78. The Morgan fingerprint density at radius 2 is 1.72 bits per heavy atom. The molecule has 36 heavy (non-hydrogen) atoms. The van der Waals surface area contributed by atoms with E-state index >= 15 is 0 Å². The summed E-state index contributed by atoms with van der Waals surface area (Å²) in [5.74, 6) is -1.23. The van der Waals surface area contributed by atoms with Crippen LogP contribution in [0.1, 0.15) is 52.9 Å². The standard InChI is InChI=1S/C28H26F4N2O2/c1-17-6-5-7-19(14-17)25(28(30,31)32)34-24(35)13-11-18-10-12-23(22-9-4-3-8-21(18)22)26(36)33-20-15-27(2,29)16-20/h3-14,20,25H,15-16H2,1-2H3,(H,33,36)(H,34,35)/b13-11+. The summed E-state index contributed by atoms with van der Waals surface area (Å²) in [5, 5.41) is 6.16. The minimum absolute atomic E-state index is 0.0513. The average Bonchev–Trinajstić information content (AvgIpc) is 2.79. The van der Waals surface area contributed by atoms with E-state index in [2.05, 4.69) is 5.32 Å². The molecule has 1 atom stereocenters. The maximum Gasteiger partial charge on any atom is 0.412 e. The van der Waals surface area contributed by atoms with E-state index in [0.717, 1.165) is 6.08 Å². The highest BCUT2D eigenvalue weighted by Gasteiger charge is 2.42. The third-order valence-corrected chi connectivity index (χ3v) is 6.29. The first-order valence-electron chi connectivity index (χ1n) is 11.6. The molecule has 0 aromatic heterocycles. The number of halogens is 4. The Morgan fingerprint density at radius 3 is 2.36 bits per heavy atom. The van der Waals surface area contributed by atoms with Gasteiger partial charge >= 0.3 is 6.18 Å². The van der Waals surface area contributed by atoms with Gasteiger partial charge in [0.1, 0.15) is 5.67 Å². The van der Waals surface area contributed by atoms with Crippen LogP contribution >= 0.6 is 0 Å². The Morgan fingerprint density at radius 1 is 1.03 bits per heavy atom. The van der Waals surface area contributed by atoms with Gasteiger partial charge < -0.3 is 10.6 Å². The van der Waals surface area contributed by atoms with E-state index in [4.69, 9.17) is 0 Å². The lowest BCUT2D eigenvalue weighted by Gasteiger charge is -2.39. The number of aryl methyl sites for hydroxylation is 1. The van der Waals surface area contributed by atoms with Crippen molar-refractivity contribution in [3.8, 4) is 0 Å². The van der Waals surface area contributed by atoms with E-state index in [0.29, 0.717) is 27.5 Å².